The Morgan fingerprint density at radius 3 is 1.25 bits per heavy atom. The molecule has 390 valence electrons. The quantitative estimate of drug-likeness (QED) is 0.0290. The number of amides is 2. The molecule has 0 atom stereocenters. The van der Waals surface area contributed by atoms with E-state index < -0.39 is 56.4 Å². The SMILES string of the molecule is CCOc1ccc(NC(=O)c2cc3ccccc3c(N=Nc3cc(S(=O)(=O)NCCNS(=O)(=O)c4ccc(OC)c(N=Nc5c(O)c(C(=O)Nc6ccc(OCC)cc6)cc6ccccc56)c4)ccc3OC)c2O)cc1. The molecule has 22 heteroatoms. The fourth-order valence-electron chi connectivity index (χ4n) is 7.76. The number of benzene rings is 8. The van der Waals surface area contributed by atoms with Crippen LogP contribution in [0.3, 0.4) is 0 Å². The number of fused-ring (bicyclic) bond motifs is 2. The summed E-state index contributed by atoms with van der Waals surface area (Å²) in [6.07, 6.45) is 0. The third-order valence-corrected chi connectivity index (χ3v) is 14.4. The molecule has 0 aliphatic rings. The largest absolute Gasteiger partial charge is 0.505 e. The smallest absolute Gasteiger partial charge is 0.259 e. The zero-order valence-corrected chi connectivity index (χ0v) is 42.9. The van der Waals surface area contributed by atoms with Crippen molar-refractivity contribution in [3.05, 3.63) is 157 Å². The monoisotopic (exact) mass is 1070 g/mol. The van der Waals surface area contributed by atoms with Crippen LogP contribution in [0.2, 0.25) is 0 Å². The Labute approximate surface area is 437 Å². The first-order chi connectivity index (χ1) is 36.6. The zero-order chi connectivity index (χ0) is 54.0. The molecule has 0 aliphatic carbocycles. The lowest BCUT2D eigenvalue weighted by Crippen LogP contribution is -2.34. The molecule has 6 N–H and O–H groups in total. The van der Waals surface area contributed by atoms with Crippen LogP contribution in [0.4, 0.5) is 34.1 Å². The zero-order valence-electron chi connectivity index (χ0n) is 41.3. The molecule has 0 aromatic heterocycles. The number of anilines is 2. The van der Waals surface area contributed by atoms with Gasteiger partial charge in [-0.05, 0) is 122 Å². The molecule has 0 radical (unpaired) electrons. The van der Waals surface area contributed by atoms with Crippen LogP contribution < -0.4 is 39.0 Å². The van der Waals surface area contributed by atoms with Crippen molar-refractivity contribution in [1.82, 2.24) is 9.44 Å². The highest BCUT2D eigenvalue weighted by Gasteiger charge is 2.23. The van der Waals surface area contributed by atoms with E-state index in [1.807, 2.05) is 13.8 Å². The lowest BCUT2D eigenvalue weighted by Gasteiger charge is -2.13. The van der Waals surface area contributed by atoms with Gasteiger partial charge in [-0.3, -0.25) is 9.59 Å². The number of sulfonamides is 2. The molecule has 0 bridgehead atoms. The van der Waals surface area contributed by atoms with Crippen molar-refractivity contribution in [2.24, 2.45) is 20.5 Å². The van der Waals surface area contributed by atoms with Crippen molar-refractivity contribution < 1.29 is 55.6 Å². The van der Waals surface area contributed by atoms with Crippen molar-refractivity contribution in [1.29, 1.82) is 0 Å². The van der Waals surface area contributed by atoms with E-state index >= 15 is 0 Å². The number of phenols is 2. The highest BCUT2D eigenvalue weighted by Crippen LogP contribution is 2.43. The third kappa shape index (κ3) is 12.2. The van der Waals surface area contributed by atoms with Gasteiger partial charge in [0.1, 0.15) is 45.7 Å². The number of ether oxygens (including phenoxy) is 4. The molecule has 20 nitrogen and oxygen atoms in total. The van der Waals surface area contributed by atoms with E-state index in [2.05, 4.69) is 40.5 Å². The number of carbonyl (C=O) groups excluding carboxylic acids is 2. The fraction of sp³-hybridized carbons (Fsp3) is 0.148. The number of hydrogen-bond donors (Lipinski definition) is 6. The van der Waals surface area contributed by atoms with Gasteiger partial charge in [0, 0.05) is 35.2 Å². The Bertz CT molecular complexity index is 3520. The number of azo groups is 2. The summed E-state index contributed by atoms with van der Waals surface area (Å²) in [5.74, 6) is -0.712. The summed E-state index contributed by atoms with van der Waals surface area (Å²) < 4.78 is 81.0. The second-order valence-corrected chi connectivity index (χ2v) is 19.9. The minimum absolute atomic E-state index is 0.0482. The molecule has 2 amide bonds. The van der Waals surface area contributed by atoms with Crippen LogP contribution in [-0.4, -0.2) is 79.4 Å². The summed E-state index contributed by atoms with van der Waals surface area (Å²) in [4.78, 5) is 26.4. The summed E-state index contributed by atoms with van der Waals surface area (Å²) in [6.45, 7) is 3.86. The number of phenolic OH excluding ortho intramolecular Hbond substituents is 2. The number of hydrogen-bond acceptors (Lipinski definition) is 16. The molecule has 8 aromatic rings. The van der Waals surface area contributed by atoms with Crippen molar-refractivity contribution in [2.45, 2.75) is 23.6 Å². The highest BCUT2D eigenvalue weighted by atomic mass is 32.2. The van der Waals surface area contributed by atoms with Gasteiger partial charge in [-0.25, -0.2) is 26.3 Å². The molecule has 0 aliphatic heterocycles. The average molecular weight is 1070 g/mol. The highest BCUT2D eigenvalue weighted by molar-refractivity contribution is 7.90. The van der Waals surface area contributed by atoms with Gasteiger partial charge in [0.15, 0.2) is 11.5 Å². The van der Waals surface area contributed by atoms with E-state index in [4.69, 9.17) is 18.9 Å². The number of rotatable bonds is 21. The van der Waals surface area contributed by atoms with Crippen LogP contribution >= 0.6 is 0 Å². The fourth-order valence-corrected chi connectivity index (χ4v) is 9.86. The number of nitrogens with one attached hydrogen (secondary N) is 4. The second kappa shape index (κ2) is 23.5. The van der Waals surface area contributed by atoms with Crippen LogP contribution in [0.5, 0.6) is 34.5 Å². The van der Waals surface area contributed by atoms with Crippen LogP contribution in [0.15, 0.2) is 176 Å². The topological polar surface area (TPSA) is 277 Å². The maximum Gasteiger partial charge on any atom is 0.259 e. The average Bonchev–Trinajstić information content (AvgIpc) is 3.42. The summed E-state index contributed by atoms with van der Waals surface area (Å²) in [5.41, 5.74) is 0.479. The van der Waals surface area contributed by atoms with Gasteiger partial charge in [0.05, 0.1) is 48.4 Å². The number of nitrogens with zero attached hydrogens (tertiary/aromatic N) is 4. The van der Waals surface area contributed by atoms with Gasteiger partial charge in [-0.15, -0.1) is 20.5 Å². The third-order valence-electron chi connectivity index (χ3n) is 11.5. The van der Waals surface area contributed by atoms with Crippen LogP contribution in [0, 0.1) is 0 Å². The van der Waals surface area contributed by atoms with Gasteiger partial charge in [-0.1, -0.05) is 48.5 Å². The number of methoxy groups -OCH3 is 2. The van der Waals surface area contributed by atoms with E-state index in [0.717, 1.165) is 0 Å². The van der Waals surface area contributed by atoms with Crippen LogP contribution in [-0.2, 0) is 20.0 Å². The minimum Gasteiger partial charge on any atom is -0.505 e. The van der Waals surface area contributed by atoms with E-state index in [9.17, 15) is 36.6 Å². The maximum absolute atomic E-state index is 13.6. The van der Waals surface area contributed by atoms with Crippen molar-refractivity contribution in [3.8, 4) is 34.5 Å². The lowest BCUT2D eigenvalue weighted by atomic mass is 10.0. The molecular weight excluding hydrogens is 1020 g/mol. The van der Waals surface area contributed by atoms with E-state index in [0.29, 0.717) is 57.6 Å². The molecule has 0 fully saturated rings. The molecule has 0 spiro atoms. The first kappa shape index (κ1) is 53.3. The molecule has 0 heterocycles. The second-order valence-electron chi connectivity index (χ2n) is 16.4. The van der Waals surface area contributed by atoms with Gasteiger partial charge in [0.25, 0.3) is 11.8 Å². The first-order valence-electron chi connectivity index (χ1n) is 23.4. The van der Waals surface area contributed by atoms with E-state index in [-0.39, 0.29) is 55.2 Å². The summed E-state index contributed by atoms with van der Waals surface area (Å²) in [5, 5.41) is 47.5. The predicted molar refractivity (Wildman–Crippen MR) is 287 cm³/mol. The Balaban J connectivity index is 0.963. The Morgan fingerprint density at radius 2 is 0.882 bits per heavy atom. The first-order valence-corrected chi connectivity index (χ1v) is 26.4. The van der Waals surface area contributed by atoms with Gasteiger partial charge < -0.3 is 39.8 Å². The number of aromatic hydroxyl groups is 2. The lowest BCUT2D eigenvalue weighted by molar-refractivity contribution is 0.101. The van der Waals surface area contributed by atoms with Gasteiger partial charge in [0.2, 0.25) is 20.0 Å². The molecular formula is C54H50N8O12S2. The molecule has 0 unspecified atom stereocenters. The van der Waals surface area contributed by atoms with Crippen molar-refractivity contribution >= 4 is 87.5 Å². The van der Waals surface area contributed by atoms with Gasteiger partial charge in [-0.2, -0.15) is 0 Å². The Hall–Kier alpha value is -8.96. The normalized spacial score (nSPS) is 11.8. The maximum atomic E-state index is 13.6. The summed E-state index contributed by atoms with van der Waals surface area (Å²) in [7, 11) is -5.93. The summed E-state index contributed by atoms with van der Waals surface area (Å²) in [6, 6.07) is 37.8. The molecule has 0 saturated carbocycles. The number of carbonyl (C=O) groups is 2. The van der Waals surface area contributed by atoms with Crippen molar-refractivity contribution in [2.75, 3.05) is 51.2 Å². The molecule has 0 saturated heterocycles. The van der Waals surface area contributed by atoms with E-state index in [1.54, 1.807) is 97.1 Å². The minimum atomic E-state index is -4.31. The van der Waals surface area contributed by atoms with Crippen LogP contribution in [0.1, 0.15) is 34.6 Å². The van der Waals surface area contributed by atoms with Crippen LogP contribution in [0.25, 0.3) is 21.5 Å². The molecule has 8 rings (SSSR count). The Kier molecular flexibility index (Phi) is 16.5. The summed E-state index contributed by atoms with van der Waals surface area (Å²) >= 11 is 0. The predicted octanol–water partition coefficient (Wildman–Crippen LogP) is 10.8. The van der Waals surface area contributed by atoms with Gasteiger partial charge >= 0.3 is 0 Å². The Morgan fingerprint density at radius 1 is 0.500 bits per heavy atom. The standard InChI is InChI=1S/C54H50N8O12S2/c1-5-73-37-19-15-35(16-20-37)57-53(65)43-29-33-11-7-9-13-41(33)49(51(43)63)61-59-45-31-39(23-25-47(45)71-3)75(67,68)55-27-28-56-76(69,70)40-24-26-48(72-4)46(32-40)60-62-50-42-14-10-8-12-34(42)30-44(52(50)64)54(66)58-36-17-21-38(22-18-36)74-6-2/h7-26,29-32,55-56,63-64H,5-6,27-28H2,1-4H3,(H,57,65)(H,58,66). The molecule has 8 aromatic carbocycles. The van der Waals surface area contributed by atoms with Crippen molar-refractivity contribution in [3.63, 3.8) is 0 Å². The molecule has 76 heavy (non-hydrogen) atoms. The van der Waals surface area contributed by atoms with E-state index in [1.165, 1.54) is 62.8 Å².